The number of benzene rings is 2. The van der Waals surface area contributed by atoms with E-state index < -0.39 is 0 Å². The van der Waals surface area contributed by atoms with Crippen LogP contribution in [0.4, 0.5) is 5.69 Å². The molecular formula is C22H20IN4OPS. The Morgan fingerprint density at radius 1 is 1.20 bits per heavy atom. The molecule has 1 saturated heterocycles. The minimum absolute atomic E-state index is 0.00955. The van der Waals surface area contributed by atoms with Crippen LogP contribution in [-0.4, -0.2) is 20.4 Å². The summed E-state index contributed by atoms with van der Waals surface area (Å²) in [5.74, 6) is 0.0892. The summed E-state index contributed by atoms with van der Waals surface area (Å²) in [5, 5.41) is 2.18. The minimum atomic E-state index is -0.0613. The number of halogens is 1. The van der Waals surface area contributed by atoms with E-state index in [9.17, 15) is 4.79 Å². The van der Waals surface area contributed by atoms with Crippen LogP contribution in [0.2, 0.25) is 0 Å². The monoisotopic (exact) mass is 546 g/mol. The largest absolute Gasteiger partial charge is 0.334 e. The number of β-lactam (4-membered cyclic amide) rings is 1. The maximum atomic E-state index is 12.9. The average Bonchev–Trinajstić information content (AvgIpc) is 3.32. The zero-order chi connectivity index (χ0) is 21.2. The van der Waals surface area contributed by atoms with E-state index in [1.807, 2.05) is 54.8 Å². The Balaban J connectivity index is 1.57. The van der Waals surface area contributed by atoms with Gasteiger partial charge < -0.3 is 9.47 Å². The first-order valence-electron chi connectivity index (χ1n) is 9.61. The third-order valence-corrected chi connectivity index (χ3v) is 8.06. The molecule has 1 aliphatic rings. The van der Waals surface area contributed by atoms with Gasteiger partial charge in [0.25, 0.3) is 0 Å². The second kappa shape index (κ2) is 7.39. The number of aryl methyl sites for hydroxylation is 2. The molecule has 1 unspecified atom stereocenters. The Kier molecular flexibility index (Phi) is 4.95. The molecule has 5 rings (SSSR count). The fourth-order valence-electron chi connectivity index (χ4n) is 4.16. The molecule has 0 radical (unpaired) electrons. The third-order valence-electron chi connectivity index (χ3n) is 5.73. The molecule has 2 aromatic heterocycles. The first kappa shape index (κ1) is 20.1. The Morgan fingerprint density at radius 2 is 2.00 bits per heavy atom. The summed E-state index contributed by atoms with van der Waals surface area (Å²) >= 11 is 4.10. The molecule has 3 heterocycles. The van der Waals surface area contributed by atoms with Gasteiger partial charge in [0.05, 0.1) is 39.2 Å². The van der Waals surface area contributed by atoms with Gasteiger partial charge >= 0.3 is 0 Å². The Labute approximate surface area is 194 Å². The first-order valence-corrected chi connectivity index (χ1v) is 12.1. The van der Waals surface area contributed by atoms with Gasteiger partial charge in [-0.2, -0.15) is 0 Å². The summed E-state index contributed by atoms with van der Waals surface area (Å²) in [6.45, 7) is 4.04. The number of anilines is 1. The number of thiazole rings is 1. The van der Waals surface area contributed by atoms with Gasteiger partial charge in [0.1, 0.15) is 0 Å². The van der Waals surface area contributed by atoms with E-state index in [1.54, 1.807) is 17.7 Å². The van der Waals surface area contributed by atoms with Gasteiger partial charge in [0, 0.05) is 22.5 Å². The molecule has 2 aromatic carbocycles. The van der Waals surface area contributed by atoms with E-state index in [2.05, 4.69) is 53.9 Å². The zero-order valence-corrected chi connectivity index (χ0v) is 20.9. The standard InChI is InChI=1S/C22H20IN4OPS/c1-11-21(20-15(23)6-13(7-18(20)29)19-9-24-12(2)30-19)27(22(11)28)14-4-5-17-16(8-14)25-10-26(17)3/h4-11,21H,29H2,1-3H3/t11-,21-/m1/s1. The lowest BCUT2D eigenvalue weighted by Crippen LogP contribution is -2.55. The Morgan fingerprint density at radius 3 is 2.70 bits per heavy atom. The highest BCUT2D eigenvalue weighted by Gasteiger charge is 2.47. The van der Waals surface area contributed by atoms with Gasteiger partial charge in [0.15, 0.2) is 0 Å². The summed E-state index contributed by atoms with van der Waals surface area (Å²) in [7, 11) is 4.85. The molecular weight excluding hydrogens is 526 g/mol. The number of aromatic nitrogens is 3. The van der Waals surface area contributed by atoms with Crippen LogP contribution in [0.25, 0.3) is 21.5 Å². The van der Waals surface area contributed by atoms with Crippen LogP contribution in [0.1, 0.15) is 23.5 Å². The van der Waals surface area contributed by atoms with Gasteiger partial charge in [-0.05, 0) is 76.3 Å². The molecule has 3 atom stereocenters. The molecule has 0 bridgehead atoms. The molecule has 4 aromatic rings. The van der Waals surface area contributed by atoms with Crippen molar-refractivity contribution in [3.63, 3.8) is 0 Å². The molecule has 30 heavy (non-hydrogen) atoms. The van der Waals surface area contributed by atoms with Crippen molar-refractivity contribution < 1.29 is 4.79 Å². The second-order valence-electron chi connectivity index (χ2n) is 7.67. The van der Waals surface area contributed by atoms with Gasteiger partial charge in [-0.25, -0.2) is 9.97 Å². The van der Waals surface area contributed by atoms with Crippen LogP contribution < -0.4 is 10.2 Å². The number of nitrogens with zero attached hydrogens (tertiary/aromatic N) is 4. The van der Waals surface area contributed by atoms with Crippen LogP contribution in [0.5, 0.6) is 0 Å². The fraction of sp³-hybridized carbons (Fsp3) is 0.227. The number of carbonyl (C=O) groups excluding carboxylic acids is 1. The maximum absolute atomic E-state index is 12.9. The lowest BCUT2D eigenvalue weighted by Gasteiger charge is -2.47. The van der Waals surface area contributed by atoms with Crippen molar-refractivity contribution in [2.45, 2.75) is 19.9 Å². The topological polar surface area (TPSA) is 51.0 Å². The summed E-state index contributed by atoms with van der Waals surface area (Å²) in [4.78, 5) is 24.8. The molecule has 0 saturated carbocycles. The molecule has 8 heteroatoms. The number of hydrogen-bond acceptors (Lipinski definition) is 4. The molecule has 5 nitrogen and oxygen atoms in total. The highest BCUT2D eigenvalue weighted by Crippen LogP contribution is 2.45. The highest BCUT2D eigenvalue weighted by molar-refractivity contribution is 14.1. The van der Waals surface area contributed by atoms with Crippen LogP contribution in [-0.2, 0) is 11.8 Å². The number of imidazole rings is 1. The van der Waals surface area contributed by atoms with Crippen molar-refractivity contribution in [2.75, 3.05) is 4.90 Å². The lowest BCUT2D eigenvalue weighted by molar-refractivity contribution is -0.129. The number of amides is 1. The van der Waals surface area contributed by atoms with E-state index >= 15 is 0 Å². The van der Waals surface area contributed by atoms with Crippen LogP contribution >= 0.6 is 43.2 Å². The van der Waals surface area contributed by atoms with Gasteiger partial charge in [0.2, 0.25) is 5.91 Å². The van der Waals surface area contributed by atoms with E-state index in [-0.39, 0.29) is 17.9 Å². The second-order valence-corrected chi connectivity index (χ2v) is 10.7. The summed E-state index contributed by atoms with van der Waals surface area (Å²) in [6.07, 6.45) is 3.73. The molecule has 1 fully saturated rings. The lowest BCUT2D eigenvalue weighted by atomic mass is 9.82. The zero-order valence-electron chi connectivity index (χ0n) is 16.8. The number of carbonyl (C=O) groups is 1. The van der Waals surface area contributed by atoms with Crippen LogP contribution in [0.3, 0.4) is 0 Å². The molecule has 0 spiro atoms. The van der Waals surface area contributed by atoms with E-state index in [0.29, 0.717) is 0 Å². The molecule has 0 aliphatic carbocycles. The smallest absolute Gasteiger partial charge is 0.232 e. The van der Waals surface area contributed by atoms with E-state index in [4.69, 9.17) is 0 Å². The maximum Gasteiger partial charge on any atom is 0.232 e. The SMILES string of the molecule is Cc1ncc(-c2cc(P)c([C@H]3[C@@H](C)C(=O)N3c3ccc4c(c3)ncn4C)c(I)c2)s1. The van der Waals surface area contributed by atoms with E-state index in [1.165, 1.54) is 11.1 Å². The molecule has 0 N–H and O–H groups in total. The van der Waals surface area contributed by atoms with Crippen LogP contribution in [0, 0.1) is 16.4 Å². The van der Waals surface area contributed by atoms with Crippen molar-refractivity contribution in [1.82, 2.24) is 14.5 Å². The van der Waals surface area contributed by atoms with Gasteiger partial charge in [-0.15, -0.1) is 20.6 Å². The fourth-order valence-corrected chi connectivity index (χ4v) is 6.69. The van der Waals surface area contributed by atoms with Gasteiger partial charge in [-0.1, -0.05) is 6.92 Å². The molecule has 152 valence electrons. The highest BCUT2D eigenvalue weighted by atomic mass is 127. The van der Waals surface area contributed by atoms with Gasteiger partial charge in [-0.3, -0.25) is 4.79 Å². The molecule has 1 amide bonds. The summed E-state index contributed by atoms with van der Waals surface area (Å²) in [5.41, 5.74) is 5.22. The predicted molar refractivity (Wildman–Crippen MR) is 134 cm³/mol. The van der Waals surface area contributed by atoms with Crippen molar-refractivity contribution in [2.24, 2.45) is 13.0 Å². The minimum Gasteiger partial charge on any atom is -0.334 e. The molecule has 1 aliphatic heterocycles. The summed E-state index contributed by atoms with van der Waals surface area (Å²) in [6, 6.07) is 10.5. The third kappa shape index (κ3) is 3.10. The quantitative estimate of drug-likeness (QED) is 0.210. The number of fused-ring (bicyclic) bond motifs is 1. The average molecular weight is 546 g/mol. The summed E-state index contributed by atoms with van der Waals surface area (Å²) < 4.78 is 3.15. The Bertz CT molecular complexity index is 1290. The van der Waals surface area contributed by atoms with Crippen molar-refractivity contribution >= 4 is 71.1 Å². The number of hydrogen-bond donors (Lipinski definition) is 0. The van der Waals surface area contributed by atoms with Crippen molar-refractivity contribution in [1.29, 1.82) is 0 Å². The first-order chi connectivity index (χ1) is 14.3. The van der Waals surface area contributed by atoms with Crippen molar-refractivity contribution in [3.8, 4) is 10.4 Å². The van der Waals surface area contributed by atoms with E-state index in [0.717, 1.165) is 35.5 Å². The Hall–Kier alpha value is -1.83. The number of rotatable bonds is 3. The van der Waals surface area contributed by atoms with Crippen molar-refractivity contribution in [3.05, 3.63) is 57.0 Å². The predicted octanol–water partition coefficient (Wildman–Crippen LogP) is 4.83. The van der Waals surface area contributed by atoms with Crippen LogP contribution in [0.15, 0.2) is 42.9 Å². The normalized spacial score (nSPS) is 18.8.